The van der Waals surface area contributed by atoms with Crippen LogP contribution >= 0.6 is 0 Å². The SMILES string of the molecule is CN1CCN(c2coc3cnc(C(=O)N[C@H]4CN5CCC4CC5)cc23)CC1. The van der Waals surface area contributed by atoms with E-state index in [1.807, 2.05) is 6.07 Å². The van der Waals surface area contributed by atoms with E-state index < -0.39 is 0 Å². The third-order valence-corrected chi connectivity index (χ3v) is 6.49. The molecule has 7 nitrogen and oxygen atoms in total. The number of aromatic nitrogens is 1. The minimum absolute atomic E-state index is 0.0684. The molecule has 6 rings (SSSR count). The minimum atomic E-state index is -0.0684. The number of hydrogen-bond acceptors (Lipinski definition) is 6. The van der Waals surface area contributed by atoms with Crippen molar-refractivity contribution in [2.24, 2.45) is 5.92 Å². The molecule has 0 radical (unpaired) electrons. The van der Waals surface area contributed by atoms with Crippen molar-refractivity contribution in [3.63, 3.8) is 0 Å². The van der Waals surface area contributed by atoms with Gasteiger partial charge < -0.3 is 24.4 Å². The summed E-state index contributed by atoms with van der Waals surface area (Å²) in [6, 6.07) is 2.14. The van der Waals surface area contributed by atoms with Crippen LogP contribution in [0.3, 0.4) is 0 Å². The van der Waals surface area contributed by atoms with Gasteiger partial charge in [-0.25, -0.2) is 4.98 Å². The van der Waals surface area contributed by atoms with Crippen LogP contribution in [0.4, 0.5) is 5.69 Å². The summed E-state index contributed by atoms with van der Waals surface area (Å²) in [5.41, 5.74) is 2.29. The van der Waals surface area contributed by atoms with E-state index >= 15 is 0 Å². The summed E-state index contributed by atoms with van der Waals surface area (Å²) < 4.78 is 5.70. The fraction of sp³-hybridized carbons (Fsp3) is 0.600. The lowest BCUT2D eigenvalue weighted by Gasteiger charge is -2.44. The number of furan rings is 1. The van der Waals surface area contributed by atoms with Crippen molar-refractivity contribution in [2.75, 3.05) is 57.8 Å². The van der Waals surface area contributed by atoms with E-state index in [9.17, 15) is 4.79 Å². The number of hydrogen-bond donors (Lipinski definition) is 1. The Hall–Kier alpha value is -2.12. The zero-order valence-electron chi connectivity index (χ0n) is 15.9. The van der Waals surface area contributed by atoms with E-state index in [0.717, 1.165) is 49.4 Å². The molecular formula is C20H27N5O2. The third-order valence-electron chi connectivity index (χ3n) is 6.49. The second-order valence-electron chi connectivity index (χ2n) is 8.19. The highest BCUT2D eigenvalue weighted by Gasteiger charge is 2.35. The Kier molecular flexibility index (Phi) is 4.28. The van der Waals surface area contributed by atoms with Gasteiger partial charge >= 0.3 is 0 Å². The Balaban J connectivity index is 1.36. The van der Waals surface area contributed by atoms with Crippen LogP contribution < -0.4 is 10.2 Å². The molecule has 2 aromatic heterocycles. The van der Waals surface area contributed by atoms with Crippen LogP contribution in [0, 0.1) is 5.92 Å². The van der Waals surface area contributed by atoms with Crippen molar-refractivity contribution in [3.05, 3.63) is 24.2 Å². The van der Waals surface area contributed by atoms with Gasteiger partial charge in [-0.15, -0.1) is 0 Å². The van der Waals surface area contributed by atoms with Crippen LogP contribution in [0.1, 0.15) is 23.3 Å². The predicted molar refractivity (Wildman–Crippen MR) is 104 cm³/mol. The van der Waals surface area contributed by atoms with Crippen molar-refractivity contribution in [2.45, 2.75) is 18.9 Å². The number of anilines is 1. The van der Waals surface area contributed by atoms with E-state index in [4.69, 9.17) is 4.42 Å². The number of carbonyl (C=O) groups excluding carboxylic acids is 1. The van der Waals surface area contributed by atoms with Crippen LogP contribution in [0.15, 0.2) is 22.9 Å². The van der Waals surface area contributed by atoms with Crippen molar-refractivity contribution in [3.8, 4) is 0 Å². The van der Waals surface area contributed by atoms with Gasteiger partial charge in [-0.05, 0) is 45.0 Å². The van der Waals surface area contributed by atoms with Gasteiger partial charge in [0, 0.05) is 44.2 Å². The molecule has 4 saturated heterocycles. The number of amides is 1. The van der Waals surface area contributed by atoms with E-state index in [0.29, 0.717) is 11.6 Å². The van der Waals surface area contributed by atoms with E-state index in [2.05, 4.69) is 32.0 Å². The van der Waals surface area contributed by atoms with Crippen molar-refractivity contribution >= 4 is 22.6 Å². The summed E-state index contributed by atoms with van der Waals surface area (Å²) in [7, 11) is 2.14. The van der Waals surface area contributed by atoms with Gasteiger partial charge in [0.2, 0.25) is 0 Å². The summed E-state index contributed by atoms with van der Waals surface area (Å²) >= 11 is 0. The van der Waals surface area contributed by atoms with Gasteiger partial charge in [0.25, 0.3) is 5.91 Å². The van der Waals surface area contributed by atoms with Crippen LogP contribution in [0.25, 0.3) is 11.0 Å². The average molecular weight is 369 g/mol. The van der Waals surface area contributed by atoms with Crippen molar-refractivity contribution < 1.29 is 9.21 Å². The van der Waals surface area contributed by atoms with Crippen molar-refractivity contribution in [1.29, 1.82) is 0 Å². The summed E-state index contributed by atoms with van der Waals surface area (Å²) in [6.07, 6.45) is 5.85. The fourth-order valence-electron chi connectivity index (χ4n) is 4.71. The largest absolute Gasteiger partial charge is 0.460 e. The number of nitrogens with zero attached hydrogens (tertiary/aromatic N) is 4. The Morgan fingerprint density at radius 2 is 1.96 bits per heavy atom. The number of fused-ring (bicyclic) bond motifs is 4. The molecule has 144 valence electrons. The molecule has 4 fully saturated rings. The van der Waals surface area contributed by atoms with Gasteiger partial charge in [0.05, 0.1) is 11.9 Å². The summed E-state index contributed by atoms with van der Waals surface area (Å²) in [6.45, 7) is 7.31. The molecule has 4 aliphatic heterocycles. The number of piperidine rings is 3. The molecule has 0 aliphatic carbocycles. The quantitative estimate of drug-likeness (QED) is 0.882. The molecule has 0 unspecified atom stereocenters. The molecule has 1 amide bonds. The first-order chi connectivity index (χ1) is 13.2. The molecule has 0 saturated carbocycles. The minimum Gasteiger partial charge on any atom is -0.460 e. The lowest BCUT2D eigenvalue weighted by molar-refractivity contribution is 0.0618. The molecule has 1 N–H and O–H groups in total. The van der Waals surface area contributed by atoms with Crippen LogP contribution in [-0.2, 0) is 0 Å². The number of pyridine rings is 1. The smallest absolute Gasteiger partial charge is 0.270 e. The zero-order chi connectivity index (χ0) is 18.4. The molecule has 1 atom stereocenters. The molecule has 27 heavy (non-hydrogen) atoms. The van der Waals surface area contributed by atoms with Gasteiger partial charge in [-0.3, -0.25) is 4.79 Å². The highest BCUT2D eigenvalue weighted by Crippen LogP contribution is 2.31. The third kappa shape index (κ3) is 3.19. The Morgan fingerprint density at radius 1 is 1.19 bits per heavy atom. The standard InChI is InChI=1S/C20H27N5O2/c1-23-6-8-25(9-7-23)18-13-27-19-11-21-16(10-15(18)19)20(26)22-17-12-24-4-2-14(17)3-5-24/h10-11,13-14,17H,2-9,12H2,1H3,(H,22,26)/t17-/m0/s1. The Bertz CT molecular complexity index is 834. The first-order valence-corrected chi connectivity index (χ1v) is 10.0. The lowest BCUT2D eigenvalue weighted by atomic mass is 9.84. The molecule has 6 heterocycles. The fourth-order valence-corrected chi connectivity index (χ4v) is 4.71. The number of likely N-dealkylation sites (N-methyl/N-ethyl adjacent to an activating group) is 1. The topological polar surface area (TPSA) is 64.9 Å². The normalized spacial score (nSPS) is 28.6. The summed E-state index contributed by atoms with van der Waals surface area (Å²) in [5, 5.41) is 4.21. The van der Waals surface area contributed by atoms with Crippen LogP contribution in [0.2, 0.25) is 0 Å². The second kappa shape index (κ2) is 6.80. The Morgan fingerprint density at radius 3 is 2.67 bits per heavy atom. The average Bonchev–Trinajstić information content (AvgIpc) is 3.13. The van der Waals surface area contributed by atoms with Gasteiger partial charge in [-0.2, -0.15) is 0 Å². The van der Waals surface area contributed by atoms with Gasteiger partial charge in [-0.1, -0.05) is 0 Å². The molecule has 0 spiro atoms. The second-order valence-corrected chi connectivity index (χ2v) is 8.19. The molecule has 7 heteroatoms. The van der Waals surface area contributed by atoms with E-state index in [1.165, 1.54) is 25.9 Å². The predicted octanol–water partition coefficient (Wildman–Crippen LogP) is 1.40. The van der Waals surface area contributed by atoms with Gasteiger partial charge in [0.15, 0.2) is 5.58 Å². The highest BCUT2D eigenvalue weighted by molar-refractivity contribution is 5.99. The van der Waals surface area contributed by atoms with Crippen LogP contribution in [-0.4, -0.2) is 79.6 Å². The highest BCUT2D eigenvalue weighted by atomic mass is 16.3. The first kappa shape index (κ1) is 17.0. The number of piperazine rings is 1. The van der Waals surface area contributed by atoms with Crippen molar-refractivity contribution in [1.82, 2.24) is 20.1 Å². The maximum absolute atomic E-state index is 12.8. The summed E-state index contributed by atoms with van der Waals surface area (Å²) in [5.74, 6) is 0.540. The number of nitrogens with one attached hydrogen (secondary N) is 1. The van der Waals surface area contributed by atoms with E-state index in [1.54, 1.807) is 12.5 Å². The maximum atomic E-state index is 12.8. The monoisotopic (exact) mass is 369 g/mol. The maximum Gasteiger partial charge on any atom is 0.270 e. The molecule has 2 bridgehead atoms. The van der Waals surface area contributed by atoms with Crippen LogP contribution in [0.5, 0.6) is 0 Å². The lowest BCUT2D eigenvalue weighted by Crippen LogP contribution is -2.57. The number of carbonyl (C=O) groups is 1. The molecule has 0 aromatic carbocycles. The summed E-state index contributed by atoms with van der Waals surface area (Å²) in [4.78, 5) is 24.3. The Labute approximate surface area is 159 Å². The molecule has 4 aliphatic rings. The first-order valence-electron chi connectivity index (χ1n) is 10.0. The van der Waals surface area contributed by atoms with Gasteiger partial charge in [0.1, 0.15) is 12.0 Å². The number of rotatable bonds is 3. The molecular weight excluding hydrogens is 342 g/mol. The van der Waals surface area contributed by atoms with E-state index in [-0.39, 0.29) is 11.9 Å². The zero-order valence-corrected chi connectivity index (χ0v) is 15.9. The molecule has 2 aromatic rings.